The predicted molar refractivity (Wildman–Crippen MR) is 76.4 cm³/mol. The molecule has 4 nitrogen and oxygen atoms in total. The van der Waals surface area contributed by atoms with Crippen molar-refractivity contribution >= 4 is 0 Å². The highest BCUT2D eigenvalue weighted by molar-refractivity contribution is 5.41. The molecule has 0 bridgehead atoms. The molecule has 1 N–H and O–H groups in total. The highest BCUT2D eigenvalue weighted by atomic mass is 19.1. The van der Waals surface area contributed by atoms with Crippen LogP contribution in [0.2, 0.25) is 0 Å². The fourth-order valence-corrected chi connectivity index (χ4v) is 1.90. The molecule has 0 spiro atoms. The lowest BCUT2D eigenvalue weighted by Crippen LogP contribution is -2.11. The lowest BCUT2D eigenvalue weighted by atomic mass is 10.1. The second kappa shape index (κ2) is 6.95. The molecule has 0 aromatic heterocycles. The molecule has 0 saturated carbocycles. The van der Waals surface area contributed by atoms with Crippen molar-refractivity contribution in [1.82, 2.24) is 0 Å². The molecular formula is C16H17FO4. The summed E-state index contributed by atoms with van der Waals surface area (Å²) in [5, 5.41) is 10.2. The molecule has 0 aliphatic heterocycles. The van der Waals surface area contributed by atoms with E-state index in [0.29, 0.717) is 22.8 Å². The number of methoxy groups -OCH3 is 2. The Morgan fingerprint density at radius 1 is 1.00 bits per heavy atom. The van der Waals surface area contributed by atoms with Crippen molar-refractivity contribution in [2.24, 2.45) is 0 Å². The fourth-order valence-electron chi connectivity index (χ4n) is 1.90. The van der Waals surface area contributed by atoms with Gasteiger partial charge in [-0.1, -0.05) is 0 Å². The van der Waals surface area contributed by atoms with Crippen molar-refractivity contribution in [3.05, 3.63) is 53.8 Å². The van der Waals surface area contributed by atoms with Gasteiger partial charge in [-0.3, -0.25) is 0 Å². The number of aliphatic hydroxyl groups is 1. The first-order chi connectivity index (χ1) is 10.1. The zero-order valence-electron chi connectivity index (χ0n) is 11.9. The molecule has 0 fully saturated rings. The van der Waals surface area contributed by atoms with Crippen LogP contribution >= 0.6 is 0 Å². The zero-order valence-corrected chi connectivity index (χ0v) is 11.9. The van der Waals surface area contributed by atoms with Crippen LogP contribution in [0.5, 0.6) is 17.2 Å². The average Bonchev–Trinajstić information content (AvgIpc) is 2.53. The summed E-state index contributed by atoms with van der Waals surface area (Å²) >= 11 is 0. The molecule has 1 atom stereocenters. The second-order valence-corrected chi connectivity index (χ2v) is 4.39. The molecule has 0 saturated heterocycles. The number of aliphatic hydroxyl groups excluding tert-OH is 1. The van der Waals surface area contributed by atoms with E-state index in [1.165, 1.54) is 31.4 Å². The number of hydrogen-bond acceptors (Lipinski definition) is 4. The Kier molecular flexibility index (Phi) is 5.00. The molecule has 0 aliphatic rings. The van der Waals surface area contributed by atoms with E-state index in [0.717, 1.165) is 0 Å². The SMILES string of the molecule is COc1ccc(OC)c(C(O)COc2ccc(F)cc2)c1. The Balaban J connectivity index is 2.08. The molecule has 2 aromatic rings. The summed E-state index contributed by atoms with van der Waals surface area (Å²) in [7, 11) is 3.08. The van der Waals surface area contributed by atoms with Crippen LogP contribution in [-0.2, 0) is 0 Å². The molecular weight excluding hydrogens is 275 g/mol. The summed E-state index contributed by atoms with van der Waals surface area (Å²) in [5.41, 5.74) is 0.568. The van der Waals surface area contributed by atoms with Gasteiger partial charge in [0.15, 0.2) is 0 Å². The molecule has 2 rings (SSSR count). The van der Waals surface area contributed by atoms with Crippen molar-refractivity contribution in [2.75, 3.05) is 20.8 Å². The van der Waals surface area contributed by atoms with Crippen LogP contribution in [0, 0.1) is 5.82 Å². The van der Waals surface area contributed by atoms with Crippen LogP contribution in [0.3, 0.4) is 0 Å². The van der Waals surface area contributed by atoms with Crippen LogP contribution in [0.15, 0.2) is 42.5 Å². The monoisotopic (exact) mass is 292 g/mol. The first-order valence-corrected chi connectivity index (χ1v) is 6.42. The summed E-state index contributed by atoms with van der Waals surface area (Å²) in [6.07, 6.45) is -0.889. The van der Waals surface area contributed by atoms with Crippen LogP contribution in [0.1, 0.15) is 11.7 Å². The first kappa shape index (κ1) is 15.1. The van der Waals surface area contributed by atoms with Crippen molar-refractivity contribution in [1.29, 1.82) is 0 Å². The second-order valence-electron chi connectivity index (χ2n) is 4.39. The molecule has 0 amide bonds. The van der Waals surface area contributed by atoms with Gasteiger partial charge in [-0.15, -0.1) is 0 Å². The Morgan fingerprint density at radius 2 is 1.67 bits per heavy atom. The summed E-state index contributed by atoms with van der Waals surface area (Å²) in [4.78, 5) is 0. The van der Waals surface area contributed by atoms with Gasteiger partial charge in [0, 0.05) is 5.56 Å². The van der Waals surface area contributed by atoms with E-state index in [9.17, 15) is 9.50 Å². The maximum Gasteiger partial charge on any atom is 0.125 e. The summed E-state index contributed by atoms with van der Waals surface area (Å²) < 4.78 is 28.6. The van der Waals surface area contributed by atoms with E-state index in [1.807, 2.05) is 0 Å². The first-order valence-electron chi connectivity index (χ1n) is 6.42. The number of hydrogen-bond donors (Lipinski definition) is 1. The Hall–Kier alpha value is -2.27. The minimum absolute atomic E-state index is 0.0230. The topological polar surface area (TPSA) is 47.9 Å². The summed E-state index contributed by atoms with van der Waals surface area (Å²) in [5.74, 6) is 1.31. The third kappa shape index (κ3) is 3.86. The van der Waals surface area contributed by atoms with Crippen molar-refractivity contribution in [2.45, 2.75) is 6.10 Å². The largest absolute Gasteiger partial charge is 0.497 e. The smallest absolute Gasteiger partial charge is 0.125 e. The van der Waals surface area contributed by atoms with Gasteiger partial charge >= 0.3 is 0 Å². The maximum atomic E-state index is 12.8. The molecule has 1 unspecified atom stereocenters. The number of halogens is 1. The van der Waals surface area contributed by atoms with Gasteiger partial charge in [-0.25, -0.2) is 4.39 Å². The molecule has 0 heterocycles. The van der Waals surface area contributed by atoms with Gasteiger partial charge in [0.05, 0.1) is 14.2 Å². The third-order valence-corrected chi connectivity index (χ3v) is 3.02. The number of rotatable bonds is 6. The standard InChI is InChI=1S/C16H17FO4/c1-19-13-7-8-16(20-2)14(9-13)15(18)10-21-12-5-3-11(17)4-6-12/h3-9,15,18H,10H2,1-2H3. The molecule has 5 heteroatoms. The van der Waals surface area contributed by atoms with E-state index in [2.05, 4.69) is 0 Å². The van der Waals surface area contributed by atoms with E-state index < -0.39 is 6.10 Å². The van der Waals surface area contributed by atoms with Gasteiger partial charge in [0.2, 0.25) is 0 Å². The molecule has 112 valence electrons. The zero-order chi connectivity index (χ0) is 15.2. The lowest BCUT2D eigenvalue weighted by Gasteiger charge is -2.16. The van der Waals surface area contributed by atoms with Crippen LogP contribution in [-0.4, -0.2) is 25.9 Å². The van der Waals surface area contributed by atoms with Crippen molar-refractivity contribution in [3.8, 4) is 17.2 Å². The van der Waals surface area contributed by atoms with E-state index in [-0.39, 0.29) is 12.4 Å². The van der Waals surface area contributed by atoms with Gasteiger partial charge in [0.1, 0.15) is 35.8 Å². The Morgan fingerprint density at radius 3 is 2.29 bits per heavy atom. The predicted octanol–water partition coefficient (Wildman–Crippen LogP) is 2.96. The van der Waals surface area contributed by atoms with Crippen LogP contribution in [0.25, 0.3) is 0 Å². The minimum Gasteiger partial charge on any atom is -0.497 e. The van der Waals surface area contributed by atoms with E-state index in [4.69, 9.17) is 14.2 Å². The third-order valence-electron chi connectivity index (χ3n) is 3.02. The number of ether oxygens (including phenoxy) is 3. The van der Waals surface area contributed by atoms with E-state index in [1.54, 1.807) is 25.3 Å². The van der Waals surface area contributed by atoms with Crippen molar-refractivity contribution in [3.63, 3.8) is 0 Å². The highest BCUT2D eigenvalue weighted by Gasteiger charge is 2.15. The quantitative estimate of drug-likeness (QED) is 0.889. The Labute approximate surface area is 122 Å². The highest BCUT2D eigenvalue weighted by Crippen LogP contribution is 2.29. The van der Waals surface area contributed by atoms with Crippen LogP contribution < -0.4 is 14.2 Å². The van der Waals surface area contributed by atoms with Gasteiger partial charge in [0.25, 0.3) is 0 Å². The fraction of sp³-hybridized carbons (Fsp3) is 0.250. The average molecular weight is 292 g/mol. The molecule has 21 heavy (non-hydrogen) atoms. The molecule has 2 aromatic carbocycles. The summed E-state index contributed by atoms with van der Waals surface area (Å²) in [6, 6.07) is 10.8. The van der Waals surface area contributed by atoms with E-state index >= 15 is 0 Å². The maximum absolute atomic E-state index is 12.8. The van der Waals surface area contributed by atoms with Gasteiger partial charge in [-0.05, 0) is 42.5 Å². The van der Waals surface area contributed by atoms with Crippen LogP contribution in [0.4, 0.5) is 4.39 Å². The molecule has 0 radical (unpaired) electrons. The van der Waals surface area contributed by atoms with Gasteiger partial charge < -0.3 is 19.3 Å². The molecule has 0 aliphatic carbocycles. The lowest BCUT2D eigenvalue weighted by molar-refractivity contribution is 0.105. The minimum atomic E-state index is -0.889. The van der Waals surface area contributed by atoms with Crippen molar-refractivity contribution < 1.29 is 23.7 Å². The van der Waals surface area contributed by atoms with Gasteiger partial charge in [-0.2, -0.15) is 0 Å². The number of benzene rings is 2. The summed E-state index contributed by atoms with van der Waals surface area (Å²) in [6.45, 7) is 0.0230. The normalized spacial score (nSPS) is 11.8. The Bertz CT molecular complexity index is 583.